The Morgan fingerprint density at radius 1 is 1.25 bits per heavy atom. The summed E-state index contributed by atoms with van der Waals surface area (Å²) in [7, 11) is 0. The monoisotopic (exact) mass is 342 g/mol. The molecule has 1 aliphatic carbocycles. The van der Waals surface area contributed by atoms with Crippen LogP contribution in [-0.2, 0) is 12.8 Å². The molecular formula is C19H22N2O2S. The summed E-state index contributed by atoms with van der Waals surface area (Å²) in [6.07, 6.45) is 2.85. The number of anilines is 1. The number of nitrogens with two attached hydrogens (primary N) is 1. The van der Waals surface area contributed by atoms with E-state index in [-0.39, 0.29) is 5.91 Å². The summed E-state index contributed by atoms with van der Waals surface area (Å²) in [5.41, 5.74) is 9.92. The molecule has 0 spiro atoms. The molecule has 3 N–H and O–H groups in total. The average Bonchev–Trinajstić information content (AvgIpc) is 2.86. The van der Waals surface area contributed by atoms with Crippen LogP contribution in [0.5, 0.6) is 0 Å². The van der Waals surface area contributed by atoms with Gasteiger partial charge in [-0.05, 0) is 67.9 Å². The molecule has 126 valence electrons. The van der Waals surface area contributed by atoms with E-state index < -0.39 is 5.91 Å². The van der Waals surface area contributed by atoms with Gasteiger partial charge in [-0.25, -0.2) is 0 Å². The van der Waals surface area contributed by atoms with Crippen LogP contribution < -0.4 is 11.1 Å². The summed E-state index contributed by atoms with van der Waals surface area (Å²) >= 11 is 1.49. The third-order valence-corrected chi connectivity index (χ3v) is 5.92. The molecule has 1 atom stereocenters. The zero-order valence-electron chi connectivity index (χ0n) is 14.2. The highest BCUT2D eigenvalue weighted by molar-refractivity contribution is 7.17. The molecule has 0 bridgehead atoms. The van der Waals surface area contributed by atoms with Crippen molar-refractivity contribution in [3.63, 3.8) is 0 Å². The van der Waals surface area contributed by atoms with Crippen LogP contribution in [0, 0.1) is 19.8 Å². The molecule has 0 fully saturated rings. The Hall–Kier alpha value is -2.14. The molecule has 3 rings (SSSR count). The second-order valence-electron chi connectivity index (χ2n) is 6.67. The van der Waals surface area contributed by atoms with Crippen molar-refractivity contribution in [2.24, 2.45) is 11.7 Å². The van der Waals surface area contributed by atoms with Crippen LogP contribution >= 0.6 is 11.3 Å². The lowest BCUT2D eigenvalue weighted by Gasteiger charge is -2.18. The smallest absolute Gasteiger partial charge is 0.256 e. The molecule has 24 heavy (non-hydrogen) atoms. The van der Waals surface area contributed by atoms with Gasteiger partial charge in [0.2, 0.25) is 0 Å². The van der Waals surface area contributed by atoms with Crippen LogP contribution in [0.25, 0.3) is 0 Å². The Morgan fingerprint density at radius 2 is 2.00 bits per heavy atom. The van der Waals surface area contributed by atoms with Gasteiger partial charge < -0.3 is 11.1 Å². The largest absolute Gasteiger partial charge is 0.365 e. The minimum atomic E-state index is -0.461. The van der Waals surface area contributed by atoms with Gasteiger partial charge in [-0.15, -0.1) is 11.3 Å². The molecule has 2 aromatic rings. The predicted molar refractivity (Wildman–Crippen MR) is 97.9 cm³/mol. The molecule has 5 heteroatoms. The fourth-order valence-corrected chi connectivity index (χ4v) is 4.57. The highest BCUT2D eigenvalue weighted by Gasteiger charge is 2.27. The summed E-state index contributed by atoms with van der Waals surface area (Å²) in [5.74, 6) is -0.0649. The molecule has 1 aromatic heterocycles. The van der Waals surface area contributed by atoms with Crippen LogP contribution in [-0.4, -0.2) is 11.8 Å². The summed E-state index contributed by atoms with van der Waals surface area (Å²) in [6.45, 7) is 6.20. The van der Waals surface area contributed by atoms with Crippen molar-refractivity contribution >= 4 is 28.2 Å². The van der Waals surface area contributed by atoms with E-state index in [1.807, 2.05) is 26.0 Å². The first-order valence-electron chi connectivity index (χ1n) is 8.19. The van der Waals surface area contributed by atoms with Crippen molar-refractivity contribution in [1.82, 2.24) is 0 Å². The first kappa shape index (κ1) is 16.7. The number of carbonyl (C=O) groups excluding carboxylic acids is 2. The van der Waals surface area contributed by atoms with Crippen LogP contribution in [0.4, 0.5) is 5.00 Å². The van der Waals surface area contributed by atoms with Crippen LogP contribution in [0.1, 0.15) is 55.6 Å². The zero-order chi connectivity index (χ0) is 17.4. The van der Waals surface area contributed by atoms with Crippen molar-refractivity contribution in [3.05, 3.63) is 50.9 Å². The lowest BCUT2D eigenvalue weighted by Crippen LogP contribution is -2.19. The van der Waals surface area contributed by atoms with Crippen molar-refractivity contribution in [1.29, 1.82) is 0 Å². The van der Waals surface area contributed by atoms with Gasteiger partial charge in [-0.2, -0.15) is 0 Å². The molecule has 1 aromatic carbocycles. The van der Waals surface area contributed by atoms with Crippen LogP contribution in [0.3, 0.4) is 0 Å². The van der Waals surface area contributed by atoms with Gasteiger partial charge >= 0.3 is 0 Å². The van der Waals surface area contributed by atoms with Gasteiger partial charge in [0.1, 0.15) is 5.00 Å². The maximum Gasteiger partial charge on any atom is 0.256 e. The average molecular weight is 342 g/mol. The van der Waals surface area contributed by atoms with Gasteiger partial charge in [0.15, 0.2) is 0 Å². The predicted octanol–water partition coefficient (Wildman–Crippen LogP) is 3.84. The maximum atomic E-state index is 12.6. The summed E-state index contributed by atoms with van der Waals surface area (Å²) in [5, 5.41) is 3.49. The highest BCUT2D eigenvalue weighted by Crippen LogP contribution is 2.39. The number of aryl methyl sites for hydroxylation is 2. The van der Waals surface area contributed by atoms with E-state index in [1.165, 1.54) is 16.2 Å². The van der Waals surface area contributed by atoms with Gasteiger partial charge in [-0.1, -0.05) is 13.0 Å². The topological polar surface area (TPSA) is 72.2 Å². The van der Waals surface area contributed by atoms with E-state index in [0.29, 0.717) is 22.0 Å². The Labute approximate surface area is 146 Å². The molecule has 0 aliphatic heterocycles. The molecular weight excluding hydrogens is 320 g/mol. The van der Waals surface area contributed by atoms with Crippen molar-refractivity contribution in [2.75, 3.05) is 5.32 Å². The molecule has 0 saturated carbocycles. The zero-order valence-corrected chi connectivity index (χ0v) is 15.0. The Morgan fingerprint density at radius 3 is 2.67 bits per heavy atom. The maximum absolute atomic E-state index is 12.6. The minimum Gasteiger partial charge on any atom is -0.365 e. The molecule has 1 heterocycles. The molecule has 0 unspecified atom stereocenters. The number of rotatable bonds is 3. The van der Waals surface area contributed by atoms with E-state index in [1.54, 1.807) is 6.07 Å². The second-order valence-corrected chi connectivity index (χ2v) is 7.78. The minimum absolute atomic E-state index is 0.202. The van der Waals surface area contributed by atoms with E-state index in [2.05, 4.69) is 12.2 Å². The molecule has 0 radical (unpaired) electrons. The van der Waals surface area contributed by atoms with E-state index in [9.17, 15) is 9.59 Å². The number of amides is 2. The normalized spacial score (nSPS) is 16.5. The van der Waals surface area contributed by atoms with Gasteiger partial charge in [0.25, 0.3) is 11.8 Å². The molecule has 4 nitrogen and oxygen atoms in total. The van der Waals surface area contributed by atoms with Crippen molar-refractivity contribution in [2.45, 2.75) is 40.0 Å². The standard InChI is InChI=1S/C19H22N2O2S/c1-10-4-7-14-15(8-10)24-19(16(14)17(20)22)21-18(23)13-6-5-11(2)12(3)9-13/h5-6,9-10H,4,7-8H2,1-3H3,(H2,20,22)(H,21,23)/t10-/m1/s1. The van der Waals surface area contributed by atoms with Gasteiger partial charge in [0, 0.05) is 10.4 Å². The summed E-state index contributed by atoms with van der Waals surface area (Å²) in [4.78, 5) is 25.7. The van der Waals surface area contributed by atoms with E-state index >= 15 is 0 Å². The van der Waals surface area contributed by atoms with E-state index in [0.717, 1.165) is 36.0 Å². The van der Waals surface area contributed by atoms with Crippen molar-refractivity contribution in [3.8, 4) is 0 Å². The van der Waals surface area contributed by atoms with E-state index in [4.69, 9.17) is 5.73 Å². The number of primary amides is 1. The lowest BCUT2D eigenvalue weighted by atomic mass is 9.88. The molecule has 1 aliphatic rings. The number of thiophene rings is 1. The first-order valence-corrected chi connectivity index (χ1v) is 9.01. The van der Waals surface area contributed by atoms with Crippen LogP contribution in [0.2, 0.25) is 0 Å². The fourth-order valence-electron chi connectivity index (χ4n) is 3.16. The number of carbonyl (C=O) groups is 2. The van der Waals surface area contributed by atoms with Gasteiger partial charge in [-0.3, -0.25) is 9.59 Å². The number of hydrogen-bond donors (Lipinski definition) is 2. The summed E-state index contributed by atoms with van der Waals surface area (Å²) in [6, 6.07) is 5.60. The first-order chi connectivity index (χ1) is 11.4. The Kier molecular flexibility index (Phi) is 4.45. The van der Waals surface area contributed by atoms with Crippen LogP contribution in [0.15, 0.2) is 18.2 Å². The lowest BCUT2D eigenvalue weighted by molar-refractivity contribution is 0.1000. The number of hydrogen-bond acceptors (Lipinski definition) is 3. The third kappa shape index (κ3) is 3.08. The SMILES string of the molecule is Cc1ccc(C(=O)Nc2sc3c(c2C(N)=O)CC[C@@H](C)C3)cc1C. The summed E-state index contributed by atoms with van der Waals surface area (Å²) < 4.78 is 0. The van der Waals surface area contributed by atoms with Gasteiger partial charge in [0.05, 0.1) is 5.56 Å². The Bertz CT molecular complexity index is 823. The number of nitrogens with one attached hydrogen (secondary N) is 1. The highest BCUT2D eigenvalue weighted by atomic mass is 32.1. The fraction of sp³-hybridized carbons (Fsp3) is 0.368. The second kappa shape index (κ2) is 6.40. The number of fused-ring (bicyclic) bond motifs is 1. The molecule has 2 amide bonds. The number of benzene rings is 1. The molecule has 0 saturated heterocycles. The quantitative estimate of drug-likeness (QED) is 0.889. The van der Waals surface area contributed by atoms with Crippen molar-refractivity contribution < 1.29 is 9.59 Å². The Balaban J connectivity index is 1.93. The third-order valence-electron chi connectivity index (χ3n) is 4.75.